The molecule has 1 atom stereocenters. The summed E-state index contributed by atoms with van der Waals surface area (Å²) in [7, 11) is -2.57. The lowest BCUT2D eigenvalue weighted by molar-refractivity contribution is -0.121. The molecule has 4 rings (SSSR count). The maximum absolute atomic E-state index is 13.2. The zero-order valence-electron chi connectivity index (χ0n) is 16.1. The second kappa shape index (κ2) is 7.61. The Morgan fingerprint density at radius 2 is 1.76 bits per heavy atom. The lowest BCUT2D eigenvalue weighted by Crippen LogP contribution is -2.32. The molecule has 0 aromatic heterocycles. The largest absolute Gasteiger partial charge is 0.495 e. The molecule has 1 N–H and O–H groups in total. The molecule has 152 valence electrons. The minimum Gasteiger partial charge on any atom is -0.495 e. The number of hydrogen-bond acceptors (Lipinski definition) is 5. The summed E-state index contributed by atoms with van der Waals surface area (Å²) in [6.45, 7) is 0. The van der Waals surface area contributed by atoms with Crippen LogP contribution in [0.25, 0.3) is 0 Å². The standard InChI is InChI=1S/C21H22N2O5S/c1-28-18-10-9-15(23-20(24)11-12-21(23)25)13-19(18)29(26,27)22-17-8-4-6-14-5-2-3-7-16(14)17/h2-3,5,7,9-10,13,17,22H,4,6,8,11-12H2,1H3. The number of imide groups is 1. The molecule has 1 unspecified atom stereocenters. The molecule has 2 aliphatic rings. The lowest BCUT2D eigenvalue weighted by atomic mass is 9.88. The number of aryl methyl sites for hydroxylation is 1. The van der Waals surface area contributed by atoms with Crippen LogP contribution in [0, 0.1) is 0 Å². The van der Waals surface area contributed by atoms with Gasteiger partial charge >= 0.3 is 0 Å². The number of hydrogen-bond donors (Lipinski definition) is 1. The summed E-state index contributed by atoms with van der Waals surface area (Å²) in [5, 5.41) is 0. The van der Waals surface area contributed by atoms with Gasteiger partial charge in [-0.05, 0) is 48.6 Å². The highest BCUT2D eigenvalue weighted by Crippen LogP contribution is 2.34. The third-order valence-corrected chi connectivity index (χ3v) is 6.91. The normalized spacial score (nSPS) is 19.3. The molecule has 0 spiro atoms. The molecular formula is C21H22N2O5S. The Morgan fingerprint density at radius 3 is 2.48 bits per heavy atom. The van der Waals surface area contributed by atoms with Gasteiger partial charge in [0.2, 0.25) is 21.8 Å². The number of ether oxygens (including phenoxy) is 1. The smallest absolute Gasteiger partial charge is 0.244 e. The van der Waals surface area contributed by atoms with Gasteiger partial charge in [0.1, 0.15) is 10.6 Å². The van der Waals surface area contributed by atoms with Crippen LogP contribution in [0.2, 0.25) is 0 Å². The molecule has 0 saturated carbocycles. The van der Waals surface area contributed by atoms with Gasteiger partial charge in [-0.25, -0.2) is 13.1 Å². The molecule has 2 amide bonds. The molecule has 2 aromatic rings. The Kier molecular flexibility index (Phi) is 5.14. The third kappa shape index (κ3) is 3.65. The first-order valence-corrected chi connectivity index (χ1v) is 11.0. The van der Waals surface area contributed by atoms with Crippen molar-refractivity contribution in [2.75, 3.05) is 12.0 Å². The summed E-state index contributed by atoms with van der Waals surface area (Å²) in [5.74, 6) is -0.514. The number of carbonyl (C=O) groups excluding carboxylic acids is 2. The number of rotatable bonds is 5. The van der Waals surface area contributed by atoms with Gasteiger partial charge in [0.25, 0.3) is 0 Å². The third-order valence-electron chi connectivity index (χ3n) is 5.41. The quantitative estimate of drug-likeness (QED) is 0.760. The van der Waals surface area contributed by atoms with Gasteiger partial charge in [-0.2, -0.15) is 0 Å². The number of nitrogens with zero attached hydrogens (tertiary/aromatic N) is 1. The summed E-state index contributed by atoms with van der Waals surface area (Å²) in [4.78, 5) is 25.1. The van der Waals surface area contributed by atoms with Crippen LogP contribution in [0.1, 0.15) is 42.9 Å². The van der Waals surface area contributed by atoms with E-state index in [1.54, 1.807) is 0 Å². The van der Waals surface area contributed by atoms with Gasteiger partial charge in [0, 0.05) is 18.9 Å². The summed E-state index contributed by atoms with van der Waals surface area (Å²) >= 11 is 0. The first-order valence-electron chi connectivity index (χ1n) is 9.54. The van der Waals surface area contributed by atoms with Crippen LogP contribution in [0.3, 0.4) is 0 Å². The minimum atomic E-state index is -3.96. The molecule has 0 radical (unpaired) electrons. The van der Waals surface area contributed by atoms with Crippen molar-refractivity contribution in [2.24, 2.45) is 0 Å². The van der Waals surface area contributed by atoms with Crippen LogP contribution in [0.5, 0.6) is 5.75 Å². The number of amides is 2. The Morgan fingerprint density at radius 1 is 1.03 bits per heavy atom. The van der Waals surface area contributed by atoms with E-state index in [4.69, 9.17) is 4.74 Å². The highest BCUT2D eigenvalue weighted by Gasteiger charge is 2.33. The number of anilines is 1. The van der Waals surface area contributed by atoms with Crippen LogP contribution in [-0.4, -0.2) is 27.3 Å². The topological polar surface area (TPSA) is 92.8 Å². The number of methoxy groups -OCH3 is 1. The highest BCUT2D eigenvalue weighted by molar-refractivity contribution is 7.89. The number of nitrogens with one attached hydrogen (secondary N) is 1. The van der Waals surface area contributed by atoms with Crippen molar-refractivity contribution in [1.29, 1.82) is 0 Å². The Hall–Kier alpha value is -2.71. The number of benzene rings is 2. The predicted molar refractivity (Wildman–Crippen MR) is 107 cm³/mol. The van der Waals surface area contributed by atoms with Crippen molar-refractivity contribution < 1.29 is 22.7 Å². The Balaban J connectivity index is 1.70. The fourth-order valence-corrected chi connectivity index (χ4v) is 5.44. The van der Waals surface area contributed by atoms with Gasteiger partial charge in [0.05, 0.1) is 12.8 Å². The summed E-state index contributed by atoms with van der Waals surface area (Å²) in [5.41, 5.74) is 2.35. The predicted octanol–water partition coefficient (Wildman–Crippen LogP) is 2.70. The molecule has 1 aliphatic heterocycles. The van der Waals surface area contributed by atoms with Crippen molar-refractivity contribution in [3.05, 3.63) is 53.6 Å². The molecule has 1 aliphatic carbocycles. The van der Waals surface area contributed by atoms with Crippen molar-refractivity contribution in [3.8, 4) is 5.75 Å². The molecule has 1 heterocycles. The summed E-state index contributed by atoms with van der Waals surface area (Å²) < 4.78 is 34.5. The minimum absolute atomic E-state index is 0.0898. The SMILES string of the molecule is COc1ccc(N2C(=O)CCC2=O)cc1S(=O)(=O)NC1CCCc2ccccc21. The van der Waals surface area contributed by atoms with E-state index in [0.29, 0.717) is 6.42 Å². The van der Waals surface area contributed by atoms with E-state index >= 15 is 0 Å². The molecule has 7 nitrogen and oxygen atoms in total. The molecule has 1 saturated heterocycles. The zero-order valence-corrected chi connectivity index (χ0v) is 16.9. The first-order chi connectivity index (χ1) is 13.9. The van der Waals surface area contributed by atoms with E-state index in [1.165, 1.54) is 25.3 Å². The monoisotopic (exact) mass is 414 g/mol. The molecule has 0 bridgehead atoms. The second-order valence-electron chi connectivity index (χ2n) is 7.22. The van der Waals surface area contributed by atoms with Crippen molar-refractivity contribution in [2.45, 2.75) is 43.0 Å². The highest BCUT2D eigenvalue weighted by atomic mass is 32.2. The van der Waals surface area contributed by atoms with Crippen molar-refractivity contribution in [1.82, 2.24) is 4.72 Å². The van der Waals surface area contributed by atoms with Gasteiger partial charge in [-0.3, -0.25) is 14.5 Å². The van der Waals surface area contributed by atoms with Gasteiger partial charge in [-0.15, -0.1) is 0 Å². The maximum Gasteiger partial charge on any atom is 0.244 e. The van der Waals surface area contributed by atoms with Gasteiger partial charge < -0.3 is 4.74 Å². The van der Waals surface area contributed by atoms with Crippen LogP contribution in [0.4, 0.5) is 5.69 Å². The van der Waals surface area contributed by atoms with E-state index in [2.05, 4.69) is 4.72 Å². The first kappa shape index (κ1) is 19.6. The second-order valence-corrected chi connectivity index (χ2v) is 8.91. The number of carbonyl (C=O) groups is 2. The summed E-state index contributed by atoms with van der Waals surface area (Å²) in [6.07, 6.45) is 2.76. The number of sulfonamides is 1. The Labute approximate surface area is 169 Å². The van der Waals surface area contributed by atoms with Crippen LogP contribution in [-0.2, 0) is 26.0 Å². The molecule has 1 fully saturated rings. The fraction of sp³-hybridized carbons (Fsp3) is 0.333. The van der Waals surface area contributed by atoms with Gasteiger partial charge in [0.15, 0.2) is 0 Å². The molecule has 2 aromatic carbocycles. The van der Waals surface area contributed by atoms with E-state index in [1.807, 2.05) is 24.3 Å². The van der Waals surface area contributed by atoms with E-state index in [-0.39, 0.29) is 47.0 Å². The van der Waals surface area contributed by atoms with E-state index in [0.717, 1.165) is 28.9 Å². The average Bonchev–Trinajstić information content (AvgIpc) is 3.06. The molecule has 8 heteroatoms. The van der Waals surface area contributed by atoms with Gasteiger partial charge in [-0.1, -0.05) is 24.3 Å². The van der Waals surface area contributed by atoms with E-state index in [9.17, 15) is 18.0 Å². The van der Waals surface area contributed by atoms with Crippen LogP contribution in [0.15, 0.2) is 47.4 Å². The fourth-order valence-electron chi connectivity index (χ4n) is 4.01. The van der Waals surface area contributed by atoms with Crippen LogP contribution >= 0.6 is 0 Å². The molecular weight excluding hydrogens is 392 g/mol. The zero-order chi connectivity index (χ0) is 20.6. The summed E-state index contributed by atoms with van der Waals surface area (Å²) in [6, 6.07) is 11.8. The van der Waals surface area contributed by atoms with Crippen LogP contribution < -0.4 is 14.4 Å². The number of fused-ring (bicyclic) bond motifs is 1. The van der Waals surface area contributed by atoms with E-state index < -0.39 is 10.0 Å². The lowest BCUT2D eigenvalue weighted by Gasteiger charge is -2.26. The van der Waals surface area contributed by atoms with Crippen molar-refractivity contribution >= 4 is 27.5 Å². The Bertz CT molecular complexity index is 1060. The van der Waals surface area contributed by atoms with Crippen molar-refractivity contribution in [3.63, 3.8) is 0 Å². The molecule has 29 heavy (non-hydrogen) atoms. The average molecular weight is 414 g/mol. The maximum atomic E-state index is 13.2.